The molecule has 0 saturated heterocycles. The third kappa shape index (κ3) is 1.56. The van der Waals surface area contributed by atoms with E-state index in [4.69, 9.17) is 0 Å². The molecule has 0 amide bonds. The van der Waals surface area contributed by atoms with E-state index in [0.717, 1.165) is 32.1 Å². The zero-order chi connectivity index (χ0) is 16.7. The molecule has 4 aliphatic carbocycles. The smallest absolute Gasteiger partial charge is 0.176 e. The van der Waals surface area contributed by atoms with Gasteiger partial charge in [0, 0.05) is 5.41 Å². The number of aliphatic hydroxyl groups excluding tert-OH is 1. The van der Waals surface area contributed by atoms with Crippen molar-refractivity contribution in [2.45, 2.75) is 76.4 Å². The monoisotopic (exact) mass is 320 g/mol. The molecule has 0 heterocycles. The predicted molar refractivity (Wildman–Crippen MR) is 85.7 cm³/mol. The Kier molecular flexibility index (Phi) is 3.07. The minimum Gasteiger partial charge on any atom is -0.393 e. The molecular formula is C19H28O4. The molecular weight excluding hydrogens is 292 g/mol. The van der Waals surface area contributed by atoms with E-state index in [1.54, 1.807) is 0 Å². The number of hydrogen-bond acceptors (Lipinski definition) is 4. The first-order valence-electron chi connectivity index (χ1n) is 9.03. The van der Waals surface area contributed by atoms with Crippen molar-refractivity contribution in [3.8, 4) is 0 Å². The number of carbonyl (C=O) groups excluding carboxylic acids is 1. The fourth-order valence-corrected chi connectivity index (χ4v) is 6.65. The quantitative estimate of drug-likeness (QED) is 0.647. The van der Waals surface area contributed by atoms with Crippen molar-refractivity contribution < 1.29 is 20.1 Å². The van der Waals surface area contributed by atoms with Crippen LogP contribution in [0.2, 0.25) is 0 Å². The van der Waals surface area contributed by atoms with Crippen LogP contribution in [0.25, 0.3) is 0 Å². The van der Waals surface area contributed by atoms with E-state index in [2.05, 4.69) is 13.8 Å². The molecule has 4 heteroatoms. The molecule has 0 radical (unpaired) electrons. The standard InChI is InChI=1S/C19H28O4/c1-12-4-3-5-14-13(12)6-7-17-10-18(22,9-8-16(14,17)2)19(23,11-20)15(17)21/h14,20,22-23H,3-11H2,1-2H3/t14-,16-,17+,18+,19-/m1/s1. The highest BCUT2D eigenvalue weighted by Crippen LogP contribution is 2.72. The Hall–Kier alpha value is -0.710. The summed E-state index contributed by atoms with van der Waals surface area (Å²) in [5, 5.41) is 31.5. The molecule has 0 aromatic rings. The minimum atomic E-state index is -1.98. The topological polar surface area (TPSA) is 77.8 Å². The van der Waals surface area contributed by atoms with Crippen molar-refractivity contribution in [3.05, 3.63) is 11.1 Å². The number of fused-ring (bicyclic) bond motifs is 3. The first kappa shape index (κ1) is 15.8. The molecule has 0 aromatic carbocycles. The van der Waals surface area contributed by atoms with E-state index in [0.29, 0.717) is 25.2 Å². The second kappa shape index (κ2) is 4.47. The lowest BCUT2D eigenvalue weighted by atomic mass is 9.44. The summed E-state index contributed by atoms with van der Waals surface area (Å²) in [7, 11) is 0. The molecule has 0 aromatic heterocycles. The Morgan fingerprint density at radius 2 is 1.91 bits per heavy atom. The van der Waals surface area contributed by atoms with Crippen molar-refractivity contribution in [1.82, 2.24) is 0 Å². The molecule has 2 bridgehead atoms. The van der Waals surface area contributed by atoms with Crippen LogP contribution in [-0.2, 0) is 4.79 Å². The molecule has 128 valence electrons. The van der Waals surface area contributed by atoms with Gasteiger partial charge in [-0.25, -0.2) is 0 Å². The Balaban J connectivity index is 1.87. The lowest BCUT2D eigenvalue weighted by molar-refractivity contribution is -0.171. The van der Waals surface area contributed by atoms with Crippen LogP contribution in [0.1, 0.15) is 65.2 Å². The van der Waals surface area contributed by atoms with Crippen molar-refractivity contribution in [3.63, 3.8) is 0 Å². The molecule has 4 rings (SSSR count). The molecule has 3 saturated carbocycles. The minimum absolute atomic E-state index is 0.203. The van der Waals surface area contributed by atoms with E-state index < -0.39 is 23.2 Å². The zero-order valence-electron chi connectivity index (χ0n) is 14.2. The van der Waals surface area contributed by atoms with Gasteiger partial charge in [0.2, 0.25) is 0 Å². The molecule has 1 spiro atoms. The van der Waals surface area contributed by atoms with Crippen LogP contribution in [-0.4, -0.2) is 38.9 Å². The zero-order valence-corrected chi connectivity index (χ0v) is 14.2. The van der Waals surface area contributed by atoms with E-state index in [1.165, 1.54) is 11.1 Å². The maximum absolute atomic E-state index is 13.3. The van der Waals surface area contributed by atoms with E-state index >= 15 is 0 Å². The number of aliphatic hydroxyl groups is 3. The molecule has 0 aliphatic heterocycles. The van der Waals surface area contributed by atoms with Gasteiger partial charge in [-0.3, -0.25) is 4.79 Å². The normalized spacial score (nSPS) is 52.4. The van der Waals surface area contributed by atoms with E-state index in [9.17, 15) is 20.1 Å². The largest absolute Gasteiger partial charge is 0.393 e. The van der Waals surface area contributed by atoms with Crippen LogP contribution in [0.4, 0.5) is 0 Å². The molecule has 0 unspecified atom stereocenters. The van der Waals surface area contributed by atoms with Crippen molar-refractivity contribution in [2.75, 3.05) is 6.61 Å². The van der Waals surface area contributed by atoms with Crippen LogP contribution >= 0.6 is 0 Å². The Morgan fingerprint density at radius 1 is 1.17 bits per heavy atom. The Morgan fingerprint density at radius 3 is 2.61 bits per heavy atom. The van der Waals surface area contributed by atoms with Gasteiger partial charge in [0.25, 0.3) is 0 Å². The lowest BCUT2D eigenvalue weighted by Gasteiger charge is -2.59. The molecule has 3 N–H and O–H groups in total. The maximum atomic E-state index is 13.3. The van der Waals surface area contributed by atoms with Crippen LogP contribution in [0.15, 0.2) is 11.1 Å². The predicted octanol–water partition coefficient (Wildman–Crippen LogP) is 2.11. The number of hydrogen-bond donors (Lipinski definition) is 3. The number of allylic oxidation sites excluding steroid dienone is 2. The summed E-state index contributed by atoms with van der Waals surface area (Å²) in [5.74, 6) is 0.0943. The average molecular weight is 320 g/mol. The molecule has 5 atom stereocenters. The molecule has 23 heavy (non-hydrogen) atoms. The van der Waals surface area contributed by atoms with Crippen LogP contribution in [0.5, 0.6) is 0 Å². The van der Waals surface area contributed by atoms with Crippen molar-refractivity contribution in [1.29, 1.82) is 0 Å². The fourth-order valence-electron chi connectivity index (χ4n) is 6.65. The summed E-state index contributed by atoms with van der Waals surface area (Å²) in [6.07, 6.45) is 6.49. The fraction of sp³-hybridized carbons (Fsp3) is 0.842. The van der Waals surface area contributed by atoms with Gasteiger partial charge in [0.15, 0.2) is 11.4 Å². The number of rotatable bonds is 1. The first-order chi connectivity index (χ1) is 10.7. The number of Topliss-reactive ketones (excluding diaryl/α,β-unsaturated/α-hetero) is 1. The Labute approximate surface area is 137 Å². The highest BCUT2D eigenvalue weighted by molar-refractivity contribution is 5.98. The average Bonchev–Trinajstić information content (AvgIpc) is 2.68. The number of ketones is 1. The summed E-state index contributed by atoms with van der Waals surface area (Å²) in [6.45, 7) is 3.76. The van der Waals surface area contributed by atoms with Crippen LogP contribution < -0.4 is 0 Å². The van der Waals surface area contributed by atoms with Crippen molar-refractivity contribution in [2.24, 2.45) is 16.7 Å². The molecule has 4 nitrogen and oxygen atoms in total. The third-order valence-electron chi connectivity index (χ3n) is 8.16. The SMILES string of the molecule is CC1=C2CC[C@@]34C[C@@](O)(CC[C@]3(C)[C@@H]2CCC1)[C@@](O)(CO)C4=O. The summed E-state index contributed by atoms with van der Waals surface area (Å²) in [4.78, 5) is 13.3. The Bertz CT molecular complexity index is 610. The van der Waals surface area contributed by atoms with Crippen LogP contribution in [0.3, 0.4) is 0 Å². The van der Waals surface area contributed by atoms with Gasteiger partial charge >= 0.3 is 0 Å². The highest BCUT2D eigenvalue weighted by Gasteiger charge is 2.77. The van der Waals surface area contributed by atoms with Gasteiger partial charge in [0.1, 0.15) is 5.60 Å². The van der Waals surface area contributed by atoms with Gasteiger partial charge < -0.3 is 15.3 Å². The third-order valence-corrected chi connectivity index (χ3v) is 8.16. The van der Waals surface area contributed by atoms with E-state index in [-0.39, 0.29) is 11.2 Å². The summed E-state index contributed by atoms with van der Waals surface area (Å²) >= 11 is 0. The summed E-state index contributed by atoms with van der Waals surface area (Å²) in [5.41, 5.74) is -1.30. The first-order valence-corrected chi connectivity index (χ1v) is 9.03. The van der Waals surface area contributed by atoms with Gasteiger partial charge in [-0.1, -0.05) is 18.1 Å². The lowest BCUT2D eigenvalue weighted by Crippen LogP contribution is -2.56. The van der Waals surface area contributed by atoms with E-state index in [1.807, 2.05) is 0 Å². The van der Waals surface area contributed by atoms with Gasteiger partial charge in [-0.05, 0) is 69.6 Å². The second-order valence-corrected chi connectivity index (χ2v) is 8.81. The summed E-state index contributed by atoms with van der Waals surface area (Å²) < 4.78 is 0. The highest BCUT2D eigenvalue weighted by atomic mass is 16.4. The number of carbonyl (C=O) groups is 1. The maximum Gasteiger partial charge on any atom is 0.176 e. The van der Waals surface area contributed by atoms with Gasteiger partial charge in [0.05, 0.1) is 6.61 Å². The van der Waals surface area contributed by atoms with Gasteiger partial charge in [-0.15, -0.1) is 0 Å². The summed E-state index contributed by atoms with van der Waals surface area (Å²) in [6, 6.07) is 0. The van der Waals surface area contributed by atoms with Crippen LogP contribution in [0, 0.1) is 16.7 Å². The molecule has 4 aliphatic rings. The molecule has 3 fully saturated rings. The van der Waals surface area contributed by atoms with Gasteiger partial charge in [-0.2, -0.15) is 0 Å². The second-order valence-electron chi connectivity index (χ2n) is 8.81. The van der Waals surface area contributed by atoms with Crippen molar-refractivity contribution >= 4 is 5.78 Å².